The van der Waals surface area contributed by atoms with Crippen molar-refractivity contribution in [2.24, 2.45) is 0 Å². The molecule has 0 unspecified atom stereocenters. The first-order valence-electron chi connectivity index (χ1n) is 22.7. The highest BCUT2D eigenvalue weighted by atomic mass is 35.5. The van der Waals surface area contributed by atoms with E-state index in [9.17, 15) is 0 Å². The molecule has 16 rings (SSSR count). The standard InChI is InChI=1S/C64H32Cl2/c65-35-30-50-38-18-8-10-20-44(38)60-58(50)51(31-35)53(33-13-3-1-4-14-33)61-45-23-11-21-41-40(26-28-48(55(41)45)64(60)61)39-25-27-47-56-42(39)22-12-24-46(56)63-59-43-19-9-7-17-37(43)49-29-36(66)32-52(57(49)59)54(62(47)63)34-15-5-2-6-16-34/h1-32H. The van der Waals surface area contributed by atoms with Crippen molar-refractivity contribution >= 4 is 152 Å². The van der Waals surface area contributed by atoms with Gasteiger partial charge >= 0.3 is 0 Å². The van der Waals surface area contributed by atoms with Gasteiger partial charge in [0, 0.05) is 10.0 Å². The molecule has 302 valence electrons. The second-order valence-electron chi connectivity index (χ2n) is 18.4. The summed E-state index contributed by atoms with van der Waals surface area (Å²) in [5, 5.41) is 32.1. The molecule has 0 spiro atoms. The Bertz CT molecular complexity index is 4490. The van der Waals surface area contributed by atoms with E-state index < -0.39 is 0 Å². The second-order valence-corrected chi connectivity index (χ2v) is 19.2. The van der Waals surface area contributed by atoms with Gasteiger partial charge in [-0.15, -0.1) is 0 Å². The highest BCUT2D eigenvalue weighted by molar-refractivity contribution is 6.51. The predicted octanol–water partition coefficient (Wildman–Crippen LogP) is 19.6. The minimum absolute atomic E-state index is 0.758. The molecule has 0 atom stereocenters. The van der Waals surface area contributed by atoms with Gasteiger partial charge in [0.2, 0.25) is 0 Å². The topological polar surface area (TPSA) is 0 Å². The van der Waals surface area contributed by atoms with Gasteiger partial charge in [-0.2, -0.15) is 0 Å². The van der Waals surface area contributed by atoms with Crippen LogP contribution >= 0.6 is 23.2 Å². The molecule has 0 aliphatic heterocycles. The van der Waals surface area contributed by atoms with Crippen LogP contribution in [-0.4, -0.2) is 0 Å². The van der Waals surface area contributed by atoms with E-state index in [1.165, 1.54) is 163 Å². The van der Waals surface area contributed by atoms with Crippen molar-refractivity contribution in [3.8, 4) is 33.4 Å². The van der Waals surface area contributed by atoms with Crippen molar-refractivity contribution in [2.45, 2.75) is 0 Å². The van der Waals surface area contributed by atoms with Crippen molar-refractivity contribution in [2.75, 3.05) is 0 Å². The lowest BCUT2D eigenvalue weighted by atomic mass is 9.90. The molecule has 0 radical (unpaired) electrons. The first kappa shape index (κ1) is 35.6. The lowest BCUT2D eigenvalue weighted by Gasteiger charge is -2.13. The minimum atomic E-state index is 0.758. The third kappa shape index (κ3) is 4.28. The zero-order chi connectivity index (χ0) is 43.1. The van der Waals surface area contributed by atoms with Crippen LogP contribution in [0.15, 0.2) is 194 Å². The summed E-state index contributed by atoms with van der Waals surface area (Å²) in [6.45, 7) is 0. The zero-order valence-corrected chi connectivity index (χ0v) is 36.7. The van der Waals surface area contributed by atoms with E-state index in [-0.39, 0.29) is 0 Å². The quantitative estimate of drug-likeness (QED) is 0.166. The van der Waals surface area contributed by atoms with Gasteiger partial charge < -0.3 is 0 Å². The molecular formula is C64H32Cl2. The fourth-order valence-electron chi connectivity index (χ4n) is 13.0. The Kier molecular flexibility index (Phi) is 6.76. The maximum absolute atomic E-state index is 7.07. The van der Waals surface area contributed by atoms with E-state index in [2.05, 4.69) is 194 Å². The molecule has 66 heavy (non-hydrogen) atoms. The fourth-order valence-corrected chi connectivity index (χ4v) is 13.4. The van der Waals surface area contributed by atoms with Crippen LogP contribution in [0.2, 0.25) is 10.0 Å². The van der Waals surface area contributed by atoms with Gasteiger partial charge in [-0.3, -0.25) is 0 Å². The average Bonchev–Trinajstić information content (AvgIpc) is 4.08. The molecule has 0 nitrogen and oxygen atoms in total. The smallest absolute Gasteiger partial charge is 0.0418 e. The first-order valence-corrected chi connectivity index (χ1v) is 23.5. The van der Waals surface area contributed by atoms with Crippen LogP contribution in [0.5, 0.6) is 0 Å². The monoisotopic (exact) mass is 870 g/mol. The molecule has 16 aromatic carbocycles. The number of hydrogen-bond donors (Lipinski definition) is 0. The summed E-state index contributed by atoms with van der Waals surface area (Å²) >= 11 is 14.1. The SMILES string of the molecule is Clc1cc2c(-c3ccccc3)c3c4ccc(-c5ccc6c7c5cccc7c5c(-c7ccccc7)c7cc(Cl)cc8c9ccccc9c(c78)c65)c5cccc(c54)c3c3c4ccccc4c(c1)c23. The first-order chi connectivity index (χ1) is 32.6. The molecule has 16 aromatic rings. The summed E-state index contributed by atoms with van der Waals surface area (Å²) in [5.74, 6) is 0. The van der Waals surface area contributed by atoms with E-state index >= 15 is 0 Å². The molecular weight excluding hydrogens is 840 g/mol. The third-order valence-corrected chi connectivity index (χ3v) is 15.7. The largest absolute Gasteiger partial charge is 0.0843 e. The molecule has 2 heteroatoms. The maximum atomic E-state index is 7.07. The van der Waals surface area contributed by atoms with Gasteiger partial charge in [0.05, 0.1) is 0 Å². The average molecular weight is 872 g/mol. The van der Waals surface area contributed by atoms with Gasteiger partial charge in [-0.1, -0.05) is 193 Å². The van der Waals surface area contributed by atoms with Crippen LogP contribution in [-0.2, 0) is 0 Å². The molecule has 0 saturated heterocycles. The van der Waals surface area contributed by atoms with Crippen LogP contribution in [0, 0.1) is 0 Å². The Morgan fingerprint density at radius 2 is 0.530 bits per heavy atom. The second kappa shape index (κ2) is 12.5. The minimum Gasteiger partial charge on any atom is -0.0843 e. The summed E-state index contributed by atoms with van der Waals surface area (Å²) in [5.41, 5.74) is 7.37. The van der Waals surface area contributed by atoms with E-state index in [1.807, 2.05) is 0 Å². The lowest BCUT2D eigenvalue weighted by Crippen LogP contribution is -1.86. The lowest BCUT2D eigenvalue weighted by molar-refractivity contribution is 1.69. The van der Waals surface area contributed by atoms with Crippen molar-refractivity contribution in [1.29, 1.82) is 0 Å². The third-order valence-electron chi connectivity index (χ3n) is 15.3. The summed E-state index contributed by atoms with van der Waals surface area (Å²) in [6.07, 6.45) is 0. The van der Waals surface area contributed by atoms with Gasteiger partial charge in [-0.25, -0.2) is 0 Å². The van der Waals surface area contributed by atoms with Gasteiger partial charge in [-0.05, 0) is 187 Å². The summed E-state index contributed by atoms with van der Waals surface area (Å²) in [7, 11) is 0. The Morgan fingerprint density at radius 3 is 1.00 bits per heavy atom. The molecule has 0 saturated carbocycles. The number of halogens is 2. The Hall–Kier alpha value is -7.74. The number of rotatable bonds is 3. The highest BCUT2D eigenvalue weighted by Gasteiger charge is 2.28. The van der Waals surface area contributed by atoms with Crippen LogP contribution in [0.25, 0.3) is 163 Å². The highest BCUT2D eigenvalue weighted by Crippen LogP contribution is 2.57. The Balaban J connectivity index is 1.07. The van der Waals surface area contributed by atoms with Gasteiger partial charge in [0.15, 0.2) is 0 Å². The zero-order valence-electron chi connectivity index (χ0n) is 35.2. The van der Waals surface area contributed by atoms with E-state index in [0.29, 0.717) is 0 Å². The molecule has 0 heterocycles. The number of hydrogen-bond acceptors (Lipinski definition) is 0. The summed E-state index contributed by atoms with van der Waals surface area (Å²) < 4.78 is 0. The predicted molar refractivity (Wildman–Crippen MR) is 288 cm³/mol. The summed E-state index contributed by atoms with van der Waals surface area (Å²) in [4.78, 5) is 0. The van der Waals surface area contributed by atoms with E-state index in [4.69, 9.17) is 23.2 Å². The number of fused-ring (bicyclic) bond motifs is 14. The van der Waals surface area contributed by atoms with E-state index in [1.54, 1.807) is 0 Å². The van der Waals surface area contributed by atoms with E-state index in [0.717, 1.165) is 10.0 Å². The van der Waals surface area contributed by atoms with Crippen LogP contribution in [0.3, 0.4) is 0 Å². The molecule has 0 bridgehead atoms. The molecule has 0 fully saturated rings. The van der Waals surface area contributed by atoms with Crippen molar-refractivity contribution < 1.29 is 0 Å². The Labute approximate surface area is 387 Å². The van der Waals surface area contributed by atoms with Gasteiger partial charge in [0.1, 0.15) is 0 Å². The van der Waals surface area contributed by atoms with Crippen molar-refractivity contribution in [3.63, 3.8) is 0 Å². The molecule has 0 aliphatic rings. The summed E-state index contributed by atoms with van der Waals surface area (Å²) in [6, 6.07) is 71.9. The van der Waals surface area contributed by atoms with Crippen molar-refractivity contribution in [1.82, 2.24) is 0 Å². The van der Waals surface area contributed by atoms with Crippen molar-refractivity contribution in [3.05, 3.63) is 204 Å². The van der Waals surface area contributed by atoms with Crippen LogP contribution in [0.4, 0.5) is 0 Å². The number of benzene rings is 12. The van der Waals surface area contributed by atoms with Crippen LogP contribution < -0.4 is 0 Å². The fraction of sp³-hybridized carbons (Fsp3) is 0. The maximum Gasteiger partial charge on any atom is 0.0418 e. The Morgan fingerprint density at radius 1 is 0.197 bits per heavy atom. The van der Waals surface area contributed by atoms with Gasteiger partial charge in [0.25, 0.3) is 0 Å². The van der Waals surface area contributed by atoms with Crippen LogP contribution in [0.1, 0.15) is 0 Å². The molecule has 0 amide bonds. The molecule has 0 aromatic heterocycles. The molecule has 0 aliphatic carbocycles. The molecule has 0 N–H and O–H groups in total. The normalized spacial score (nSPS) is 12.7.